The molecule has 0 aliphatic heterocycles. The molecular formula is C80H110. The number of hydrogen-bond acceptors (Lipinski definition) is 0. The number of allylic oxidation sites excluding steroid dienone is 32. The molecule has 3 unspecified atom stereocenters. The molecule has 3 aromatic carbocycles. The summed E-state index contributed by atoms with van der Waals surface area (Å²) >= 11 is 0. The lowest BCUT2D eigenvalue weighted by Crippen LogP contribution is -1.83. The minimum absolute atomic E-state index is 0.681. The maximum absolute atomic E-state index is 2.25. The smallest absolute Gasteiger partial charge is 0.00482 e. The highest BCUT2D eigenvalue weighted by Gasteiger charge is 2.02. The zero-order valence-corrected chi connectivity index (χ0v) is 54.7. The van der Waals surface area contributed by atoms with Crippen LogP contribution in [0.1, 0.15) is 176 Å². The fourth-order valence-electron chi connectivity index (χ4n) is 8.39. The van der Waals surface area contributed by atoms with Gasteiger partial charge in [-0.15, -0.1) is 0 Å². The predicted octanol–water partition coefficient (Wildman–Crippen LogP) is 24.7. The second-order valence-corrected chi connectivity index (χ2v) is 23.3. The quantitative estimate of drug-likeness (QED) is 0.210. The lowest BCUT2D eigenvalue weighted by Gasteiger charge is -1.96. The average molecular weight is 1070 g/mol. The average Bonchev–Trinajstić information content (AvgIpc) is 4.33. The van der Waals surface area contributed by atoms with Crippen molar-refractivity contribution in [2.75, 3.05) is 0 Å². The van der Waals surface area contributed by atoms with E-state index in [1.165, 1.54) is 132 Å². The van der Waals surface area contributed by atoms with Crippen molar-refractivity contribution in [3.05, 3.63) is 294 Å². The molecule has 11 rings (SSSR count). The monoisotopic (exact) mass is 1070 g/mol. The summed E-state index contributed by atoms with van der Waals surface area (Å²) in [5, 5.41) is 0. The summed E-state index contributed by atoms with van der Waals surface area (Å²) in [4.78, 5) is 0. The van der Waals surface area contributed by atoms with E-state index in [4.69, 9.17) is 0 Å². The zero-order valence-electron chi connectivity index (χ0n) is 54.7. The van der Waals surface area contributed by atoms with Crippen molar-refractivity contribution in [1.82, 2.24) is 0 Å². The molecule has 3 atom stereocenters. The molecule has 0 heteroatoms. The molecule has 3 aromatic rings. The SMILES string of the molecule is CC1=C(C)CC=C1.CC1=CC(C)C=C1.CC1=CC(C)C=C1.CC1=CC=C(C)C1.CC1=CC=CC1C.CC1=CCC(C)=C1.CC1=CCC(C)=C1.CC1=CCC=C1C.Cc1ccc(C)cc1.Cc1cccc(C)c1.Cc1ccccc1C. The summed E-state index contributed by atoms with van der Waals surface area (Å²) in [6, 6.07) is 25.3. The van der Waals surface area contributed by atoms with Gasteiger partial charge >= 0.3 is 0 Å². The standard InChI is InChI=1S/3C8H10.8C7H10/c1-7-3-5-8(2)6-4-7;1-7-4-3-5-8(2)6-7;1-7-5-3-4-6-8(7)2;5*1-6-3-4-7(2)5-6;3*1-6-4-3-5-7(6)2/h3*3-6H,1-2H3;2*3,5H,4H2,1-2H3;3-4H,5H2,1-2H3;2*3-6H,1-2H3;4-5H,3H2,1-2H3;3-4H,5H2,1-2H3;3-6H,1-2H3. The van der Waals surface area contributed by atoms with E-state index >= 15 is 0 Å². The number of benzene rings is 3. The summed E-state index contributed by atoms with van der Waals surface area (Å²) in [6.45, 7) is 47.2. The third-order valence-electron chi connectivity index (χ3n) is 14.3. The van der Waals surface area contributed by atoms with Crippen molar-refractivity contribution in [3.63, 3.8) is 0 Å². The molecule has 0 heterocycles. The van der Waals surface area contributed by atoms with Gasteiger partial charge in [-0.1, -0.05) is 304 Å². The van der Waals surface area contributed by atoms with Gasteiger partial charge in [-0.3, -0.25) is 0 Å². The van der Waals surface area contributed by atoms with Gasteiger partial charge in [-0.2, -0.15) is 0 Å². The molecule has 0 aromatic heterocycles. The fourth-order valence-corrected chi connectivity index (χ4v) is 8.39. The Hall–Kier alpha value is -6.50. The van der Waals surface area contributed by atoms with E-state index in [2.05, 4.69) is 341 Å². The molecule has 0 radical (unpaired) electrons. The summed E-state index contributed by atoms with van der Waals surface area (Å²) in [5.74, 6) is 2.06. The van der Waals surface area contributed by atoms with Gasteiger partial charge in [-0.05, 0) is 193 Å². The highest BCUT2D eigenvalue weighted by atomic mass is 14.1. The Morgan fingerprint density at radius 2 is 0.825 bits per heavy atom. The normalized spacial score (nSPS) is 18.6. The van der Waals surface area contributed by atoms with Crippen molar-refractivity contribution in [2.45, 2.75) is 184 Å². The molecule has 0 saturated heterocycles. The first kappa shape index (κ1) is 71.5. The van der Waals surface area contributed by atoms with E-state index < -0.39 is 0 Å². The van der Waals surface area contributed by atoms with Crippen LogP contribution in [0.4, 0.5) is 0 Å². The summed E-state index contributed by atoms with van der Waals surface area (Å²) in [6.07, 6.45) is 47.7. The van der Waals surface area contributed by atoms with Crippen molar-refractivity contribution >= 4 is 0 Å². The molecule has 0 spiro atoms. The third kappa shape index (κ3) is 35.9. The van der Waals surface area contributed by atoms with E-state index in [0.717, 1.165) is 6.42 Å². The molecule has 0 fully saturated rings. The van der Waals surface area contributed by atoms with Crippen LogP contribution in [0.25, 0.3) is 0 Å². The first-order valence-electron chi connectivity index (χ1n) is 29.6. The first-order chi connectivity index (χ1) is 37.7. The summed E-state index contributed by atoms with van der Waals surface area (Å²) < 4.78 is 0. The number of rotatable bonds is 0. The van der Waals surface area contributed by atoms with E-state index in [0.29, 0.717) is 17.8 Å². The fraction of sp³-hybridized carbons (Fsp3) is 0.375. The van der Waals surface area contributed by atoms with Gasteiger partial charge in [0.1, 0.15) is 0 Å². The van der Waals surface area contributed by atoms with Crippen molar-refractivity contribution in [2.24, 2.45) is 17.8 Å². The first-order valence-corrected chi connectivity index (χ1v) is 29.6. The van der Waals surface area contributed by atoms with Crippen LogP contribution in [0, 0.1) is 59.3 Å². The second kappa shape index (κ2) is 40.6. The van der Waals surface area contributed by atoms with Crippen LogP contribution in [-0.2, 0) is 0 Å². The molecule has 80 heavy (non-hydrogen) atoms. The molecule has 0 amide bonds. The van der Waals surface area contributed by atoms with Crippen LogP contribution in [-0.4, -0.2) is 0 Å². The maximum atomic E-state index is 2.25. The number of hydrogen-bond donors (Lipinski definition) is 0. The Labute approximate surface area is 493 Å². The lowest BCUT2D eigenvalue weighted by molar-refractivity contribution is 0.882. The van der Waals surface area contributed by atoms with Crippen molar-refractivity contribution in [3.8, 4) is 0 Å². The van der Waals surface area contributed by atoms with E-state index in [1.54, 1.807) is 0 Å². The molecule has 0 nitrogen and oxygen atoms in total. The molecule has 0 N–H and O–H groups in total. The van der Waals surface area contributed by atoms with Gasteiger partial charge in [-0.25, -0.2) is 0 Å². The highest BCUT2D eigenvalue weighted by Crippen LogP contribution is 2.20. The predicted molar refractivity (Wildman–Crippen MR) is 365 cm³/mol. The van der Waals surface area contributed by atoms with E-state index in [1.807, 2.05) is 0 Å². The number of aryl methyl sites for hydroxylation is 6. The van der Waals surface area contributed by atoms with Crippen LogP contribution in [0.15, 0.2) is 261 Å². The molecule has 8 aliphatic rings. The van der Waals surface area contributed by atoms with Crippen molar-refractivity contribution < 1.29 is 0 Å². The van der Waals surface area contributed by atoms with Crippen LogP contribution in [0.3, 0.4) is 0 Å². The summed E-state index contributed by atoms with van der Waals surface area (Å²) in [7, 11) is 0. The Balaban J connectivity index is 0.000000440. The third-order valence-corrected chi connectivity index (χ3v) is 14.3. The largest absolute Gasteiger partial charge is 0.0802 e. The molecule has 430 valence electrons. The lowest BCUT2D eigenvalue weighted by atomic mass is 10.1. The van der Waals surface area contributed by atoms with Gasteiger partial charge in [0.25, 0.3) is 0 Å². The van der Waals surface area contributed by atoms with Gasteiger partial charge in [0.15, 0.2) is 0 Å². The van der Waals surface area contributed by atoms with Gasteiger partial charge in [0, 0.05) is 0 Å². The Kier molecular flexibility index (Phi) is 36.3. The topological polar surface area (TPSA) is 0 Å². The van der Waals surface area contributed by atoms with Gasteiger partial charge in [0.2, 0.25) is 0 Å². The van der Waals surface area contributed by atoms with Crippen LogP contribution in [0.5, 0.6) is 0 Å². The zero-order chi connectivity index (χ0) is 60.2. The van der Waals surface area contributed by atoms with Crippen LogP contribution >= 0.6 is 0 Å². The Morgan fingerprint density at radius 3 is 0.975 bits per heavy atom. The van der Waals surface area contributed by atoms with Crippen molar-refractivity contribution in [1.29, 1.82) is 0 Å². The summed E-state index contributed by atoms with van der Waals surface area (Å²) in [5.41, 5.74) is 26.9. The molecular weight excluding hydrogens is 961 g/mol. The van der Waals surface area contributed by atoms with Crippen LogP contribution in [0.2, 0.25) is 0 Å². The Morgan fingerprint density at radius 1 is 0.388 bits per heavy atom. The van der Waals surface area contributed by atoms with E-state index in [9.17, 15) is 0 Å². The highest BCUT2D eigenvalue weighted by molar-refractivity contribution is 5.34. The minimum atomic E-state index is 0.681. The molecule has 0 bridgehead atoms. The minimum Gasteiger partial charge on any atom is -0.0802 e. The second-order valence-electron chi connectivity index (χ2n) is 23.3. The molecule has 8 aliphatic carbocycles. The Bertz CT molecular complexity index is 2710. The van der Waals surface area contributed by atoms with Gasteiger partial charge in [0.05, 0.1) is 0 Å². The maximum Gasteiger partial charge on any atom is -0.00482 e. The molecule has 0 saturated carbocycles. The van der Waals surface area contributed by atoms with Crippen LogP contribution < -0.4 is 0 Å². The van der Waals surface area contributed by atoms with E-state index in [-0.39, 0.29) is 0 Å². The van der Waals surface area contributed by atoms with Gasteiger partial charge < -0.3 is 0 Å².